The summed E-state index contributed by atoms with van der Waals surface area (Å²) in [6.07, 6.45) is 1.55. The summed E-state index contributed by atoms with van der Waals surface area (Å²) in [5.41, 5.74) is 0.996. The number of anilines is 1. The number of rotatable bonds is 1. The van der Waals surface area contributed by atoms with Crippen LogP contribution in [0, 0.1) is 5.82 Å². The molecule has 0 saturated heterocycles. The van der Waals surface area contributed by atoms with Crippen molar-refractivity contribution in [2.24, 2.45) is 0 Å². The van der Waals surface area contributed by atoms with E-state index in [1.807, 2.05) is 0 Å². The molecule has 0 aliphatic rings. The number of halogens is 2. The second kappa shape index (κ2) is 4.94. The molecule has 1 heterocycles. The van der Waals surface area contributed by atoms with E-state index in [-0.39, 0.29) is 0 Å². The third-order valence-electron chi connectivity index (χ3n) is 2.80. The molecule has 0 aliphatic carbocycles. The third-order valence-corrected chi connectivity index (χ3v) is 3.03. The Hall–Kier alpha value is -2.40. The van der Waals surface area contributed by atoms with Crippen molar-refractivity contribution >= 4 is 34.2 Å². The maximum absolute atomic E-state index is 13.1. The molecule has 6 heteroatoms. The second-order valence-corrected chi connectivity index (χ2v) is 4.64. The lowest BCUT2D eigenvalue weighted by Crippen LogP contribution is -2.20. The minimum Gasteiger partial charge on any atom is -0.306 e. The summed E-state index contributed by atoms with van der Waals surface area (Å²) in [6.45, 7) is 0. The Morgan fingerprint density at radius 1 is 1.25 bits per heavy atom. The summed E-state index contributed by atoms with van der Waals surface area (Å²) in [7, 11) is 0. The summed E-state index contributed by atoms with van der Waals surface area (Å²) in [4.78, 5) is 12.1. The fraction of sp³-hybridized carbons (Fsp3) is 0. The molecule has 100 valence electrons. The number of hydrogen-bond donors (Lipinski definition) is 1. The summed E-state index contributed by atoms with van der Waals surface area (Å²) in [6, 6.07) is 10.3. The minimum atomic E-state index is -0.465. The fourth-order valence-electron chi connectivity index (χ4n) is 1.91. The molecule has 3 rings (SSSR count). The number of nitrogens with one attached hydrogen (secondary N) is 1. The average molecular weight is 290 g/mol. The maximum Gasteiger partial charge on any atom is 0.347 e. The van der Waals surface area contributed by atoms with Gasteiger partial charge >= 0.3 is 6.03 Å². The summed E-state index contributed by atoms with van der Waals surface area (Å²) >= 11 is 5.88. The molecule has 1 amide bonds. The van der Waals surface area contributed by atoms with Crippen molar-refractivity contribution in [2.45, 2.75) is 0 Å². The molecule has 4 nitrogen and oxygen atoms in total. The Morgan fingerprint density at radius 2 is 2.10 bits per heavy atom. The van der Waals surface area contributed by atoms with Gasteiger partial charge in [-0.05, 0) is 36.4 Å². The largest absolute Gasteiger partial charge is 0.347 e. The topological polar surface area (TPSA) is 46.9 Å². The number of amides is 1. The van der Waals surface area contributed by atoms with Crippen LogP contribution < -0.4 is 5.32 Å². The van der Waals surface area contributed by atoms with Crippen molar-refractivity contribution in [1.29, 1.82) is 0 Å². The lowest BCUT2D eigenvalue weighted by atomic mass is 10.2. The molecule has 0 unspecified atom stereocenters. The lowest BCUT2D eigenvalue weighted by Gasteiger charge is -2.05. The van der Waals surface area contributed by atoms with Gasteiger partial charge in [-0.2, -0.15) is 9.78 Å². The Labute approximate surface area is 118 Å². The van der Waals surface area contributed by atoms with E-state index in [9.17, 15) is 9.18 Å². The van der Waals surface area contributed by atoms with Gasteiger partial charge in [0.1, 0.15) is 5.82 Å². The lowest BCUT2D eigenvalue weighted by molar-refractivity contribution is 0.252. The normalized spacial score (nSPS) is 10.7. The van der Waals surface area contributed by atoms with Crippen molar-refractivity contribution in [3.63, 3.8) is 0 Å². The highest BCUT2D eigenvalue weighted by atomic mass is 35.5. The maximum atomic E-state index is 13.1. The number of carbonyl (C=O) groups excluding carboxylic acids is 1. The highest BCUT2D eigenvalue weighted by Gasteiger charge is 2.11. The van der Waals surface area contributed by atoms with Gasteiger partial charge in [-0.15, -0.1) is 0 Å². The SMILES string of the molecule is O=C(Nc1cccc(F)c1)n1ncc2cc(Cl)ccc21. The van der Waals surface area contributed by atoms with Gasteiger partial charge in [0.15, 0.2) is 0 Å². The standard InChI is InChI=1S/C14H9ClFN3O/c15-10-4-5-13-9(6-10)8-17-19(13)14(20)18-12-3-1-2-11(16)7-12/h1-8H,(H,18,20). The van der Waals surface area contributed by atoms with E-state index in [1.54, 1.807) is 30.5 Å². The summed E-state index contributed by atoms with van der Waals surface area (Å²) in [5.74, 6) is -0.417. The van der Waals surface area contributed by atoms with Crippen molar-refractivity contribution < 1.29 is 9.18 Å². The summed E-state index contributed by atoms with van der Waals surface area (Å²) < 4.78 is 14.3. The molecule has 0 atom stereocenters. The number of aromatic nitrogens is 2. The zero-order valence-electron chi connectivity index (χ0n) is 10.2. The Bertz CT molecular complexity index is 800. The van der Waals surface area contributed by atoms with Crippen LogP contribution >= 0.6 is 11.6 Å². The van der Waals surface area contributed by atoms with Gasteiger partial charge in [0.05, 0.1) is 11.7 Å². The van der Waals surface area contributed by atoms with Crippen molar-refractivity contribution in [3.8, 4) is 0 Å². The summed E-state index contributed by atoms with van der Waals surface area (Å²) in [5, 5.41) is 7.92. The molecular weight excluding hydrogens is 281 g/mol. The zero-order valence-corrected chi connectivity index (χ0v) is 10.9. The smallest absolute Gasteiger partial charge is 0.306 e. The van der Waals surface area contributed by atoms with Crippen LogP contribution in [0.1, 0.15) is 0 Å². The first kappa shape index (κ1) is 12.6. The predicted octanol–water partition coefficient (Wildman–Crippen LogP) is 3.91. The van der Waals surface area contributed by atoms with Crippen LogP contribution in [0.3, 0.4) is 0 Å². The number of hydrogen-bond acceptors (Lipinski definition) is 2. The highest BCUT2D eigenvalue weighted by Crippen LogP contribution is 2.19. The van der Waals surface area contributed by atoms with E-state index in [2.05, 4.69) is 10.4 Å². The molecule has 0 spiro atoms. The molecule has 0 fully saturated rings. The van der Waals surface area contributed by atoms with E-state index >= 15 is 0 Å². The second-order valence-electron chi connectivity index (χ2n) is 4.20. The zero-order chi connectivity index (χ0) is 14.1. The van der Waals surface area contributed by atoms with Gasteiger partial charge in [-0.3, -0.25) is 0 Å². The molecule has 1 aromatic heterocycles. The van der Waals surface area contributed by atoms with Gasteiger partial charge in [-0.1, -0.05) is 17.7 Å². The minimum absolute atomic E-state index is 0.368. The Morgan fingerprint density at radius 3 is 2.90 bits per heavy atom. The van der Waals surface area contributed by atoms with E-state index in [0.717, 1.165) is 5.39 Å². The van der Waals surface area contributed by atoms with E-state index in [1.165, 1.54) is 22.9 Å². The van der Waals surface area contributed by atoms with Crippen LogP contribution in [-0.2, 0) is 0 Å². The molecule has 0 radical (unpaired) electrons. The van der Waals surface area contributed by atoms with E-state index in [0.29, 0.717) is 16.2 Å². The molecule has 0 aliphatic heterocycles. The monoisotopic (exact) mass is 289 g/mol. The van der Waals surface area contributed by atoms with Gasteiger partial charge in [-0.25, -0.2) is 9.18 Å². The van der Waals surface area contributed by atoms with Crippen LogP contribution in [0.2, 0.25) is 5.02 Å². The first-order valence-electron chi connectivity index (χ1n) is 5.84. The van der Waals surface area contributed by atoms with Crippen LogP contribution in [0.5, 0.6) is 0 Å². The molecule has 0 bridgehead atoms. The molecule has 1 N–H and O–H groups in total. The third kappa shape index (κ3) is 2.35. The van der Waals surface area contributed by atoms with Crippen LogP contribution in [0.4, 0.5) is 14.9 Å². The molecule has 2 aromatic carbocycles. The highest BCUT2D eigenvalue weighted by molar-refractivity contribution is 6.31. The number of carbonyl (C=O) groups is 1. The van der Waals surface area contributed by atoms with E-state index in [4.69, 9.17) is 11.6 Å². The van der Waals surface area contributed by atoms with Gasteiger partial charge < -0.3 is 5.32 Å². The fourth-order valence-corrected chi connectivity index (χ4v) is 2.09. The van der Waals surface area contributed by atoms with Crippen LogP contribution in [-0.4, -0.2) is 15.8 Å². The Balaban J connectivity index is 1.93. The van der Waals surface area contributed by atoms with Gasteiger partial charge in [0.2, 0.25) is 0 Å². The molecule has 0 saturated carbocycles. The molecule has 3 aromatic rings. The Kier molecular flexibility index (Phi) is 3.12. The van der Waals surface area contributed by atoms with Crippen LogP contribution in [0.15, 0.2) is 48.7 Å². The first-order chi connectivity index (χ1) is 9.63. The molecule has 20 heavy (non-hydrogen) atoms. The first-order valence-corrected chi connectivity index (χ1v) is 6.21. The van der Waals surface area contributed by atoms with Gasteiger partial charge in [0, 0.05) is 16.1 Å². The number of fused-ring (bicyclic) bond motifs is 1. The quantitative estimate of drug-likeness (QED) is 0.738. The number of nitrogens with zero attached hydrogens (tertiary/aromatic N) is 2. The van der Waals surface area contributed by atoms with Crippen molar-refractivity contribution in [3.05, 3.63) is 59.5 Å². The van der Waals surface area contributed by atoms with Crippen LogP contribution in [0.25, 0.3) is 10.9 Å². The van der Waals surface area contributed by atoms with E-state index < -0.39 is 11.8 Å². The molecular formula is C14H9ClFN3O. The van der Waals surface area contributed by atoms with Crippen molar-refractivity contribution in [1.82, 2.24) is 9.78 Å². The van der Waals surface area contributed by atoms with Crippen molar-refractivity contribution in [2.75, 3.05) is 5.32 Å². The van der Waals surface area contributed by atoms with Gasteiger partial charge in [0.25, 0.3) is 0 Å². The predicted molar refractivity (Wildman–Crippen MR) is 75.6 cm³/mol. The average Bonchev–Trinajstić information content (AvgIpc) is 2.81. The number of benzene rings is 2.